The Morgan fingerprint density at radius 3 is 2.57 bits per heavy atom. The van der Waals surface area contributed by atoms with Crippen molar-refractivity contribution < 1.29 is 17.9 Å². The minimum Gasteiger partial charge on any atom is -0.402 e. The van der Waals surface area contributed by atoms with Crippen molar-refractivity contribution in [1.29, 1.82) is 0 Å². The minimum absolute atomic E-state index is 0.291. The maximum atomic E-state index is 11.9. The Balaban J connectivity index is 3.13. The molecular weight excluding hydrogens is 333 g/mol. The predicted molar refractivity (Wildman–Crippen MR) is 53.4 cm³/mol. The van der Waals surface area contributed by atoms with Gasteiger partial charge in [-0.15, -0.1) is 13.2 Å². The molecule has 0 bridgehead atoms. The van der Waals surface area contributed by atoms with E-state index in [-0.39, 0.29) is 5.15 Å². The Bertz CT molecular complexity index is 356. The van der Waals surface area contributed by atoms with Gasteiger partial charge in [-0.3, -0.25) is 0 Å². The number of hydrogen-bond donors (Lipinski definition) is 0. The first-order valence-electron chi connectivity index (χ1n) is 3.37. The smallest absolute Gasteiger partial charge is 0.402 e. The Kier molecular flexibility index (Phi) is 3.46. The van der Waals surface area contributed by atoms with Crippen LogP contribution in [0.4, 0.5) is 13.2 Å². The van der Waals surface area contributed by atoms with E-state index in [0.717, 1.165) is 0 Å². The van der Waals surface area contributed by atoms with Crippen LogP contribution in [0.1, 0.15) is 5.56 Å². The Hall–Kier alpha value is -0.240. The lowest BCUT2D eigenvalue weighted by Gasteiger charge is -2.12. The van der Waals surface area contributed by atoms with Crippen LogP contribution < -0.4 is 4.74 Å². The number of pyridine rings is 1. The molecule has 0 aliphatic rings. The van der Waals surface area contributed by atoms with Crippen molar-refractivity contribution in [3.63, 3.8) is 0 Å². The monoisotopic (exact) mass is 337 g/mol. The van der Waals surface area contributed by atoms with E-state index in [0.29, 0.717) is 9.13 Å². The average molecular weight is 337 g/mol. The maximum Gasteiger partial charge on any atom is 0.573 e. The lowest BCUT2D eigenvalue weighted by molar-refractivity contribution is -0.274. The van der Waals surface area contributed by atoms with Crippen LogP contribution in [0.5, 0.6) is 5.75 Å². The molecule has 1 aromatic rings. The van der Waals surface area contributed by atoms with Crippen LogP contribution >= 0.6 is 34.2 Å². The van der Waals surface area contributed by atoms with Crippen molar-refractivity contribution in [2.75, 3.05) is 0 Å². The van der Waals surface area contributed by atoms with Crippen molar-refractivity contribution in [2.24, 2.45) is 0 Å². The van der Waals surface area contributed by atoms with E-state index in [1.165, 1.54) is 13.1 Å². The molecule has 0 aromatic carbocycles. The molecule has 78 valence electrons. The second kappa shape index (κ2) is 4.09. The second-order valence-corrected chi connectivity index (χ2v) is 3.92. The van der Waals surface area contributed by atoms with Crippen LogP contribution in [0.3, 0.4) is 0 Å². The van der Waals surface area contributed by atoms with Crippen LogP contribution in [0, 0.1) is 10.5 Å². The summed E-state index contributed by atoms with van der Waals surface area (Å²) >= 11 is 7.32. The first-order chi connectivity index (χ1) is 6.31. The standard InChI is InChI=1S/C7H4ClF3INO/c1-3-4(12)2-13-6(8)5(3)14-7(9,10)11/h2H,1H3. The summed E-state index contributed by atoms with van der Waals surface area (Å²) < 4.78 is 40.1. The van der Waals surface area contributed by atoms with Gasteiger partial charge in [-0.25, -0.2) is 4.98 Å². The molecule has 0 radical (unpaired) electrons. The molecule has 0 saturated carbocycles. The van der Waals surface area contributed by atoms with Crippen molar-refractivity contribution >= 4 is 34.2 Å². The van der Waals surface area contributed by atoms with Gasteiger partial charge in [0.25, 0.3) is 0 Å². The van der Waals surface area contributed by atoms with E-state index in [4.69, 9.17) is 11.6 Å². The van der Waals surface area contributed by atoms with Crippen molar-refractivity contribution in [3.8, 4) is 5.75 Å². The van der Waals surface area contributed by atoms with Crippen LogP contribution in [0.25, 0.3) is 0 Å². The molecule has 0 unspecified atom stereocenters. The molecule has 0 atom stereocenters. The summed E-state index contributed by atoms with van der Waals surface area (Å²) in [6.45, 7) is 1.48. The van der Waals surface area contributed by atoms with Crippen molar-refractivity contribution in [1.82, 2.24) is 4.98 Å². The molecule has 7 heteroatoms. The highest BCUT2D eigenvalue weighted by molar-refractivity contribution is 14.1. The Labute approximate surface area is 96.6 Å². The number of ether oxygens (including phenoxy) is 1. The molecule has 0 spiro atoms. The molecule has 1 aromatic heterocycles. The fourth-order valence-electron chi connectivity index (χ4n) is 0.766. The lowest BCUT2D eigenvalue weighted by Crippen LogP contribution is -2.18. The number of halogens is 5. The highest BCUT2D eigenvalue weighted by Crippen LogP contribution is 2.33. The zero-order valence-corrected chi connectivity index (χ0v) is 9.74. The lowest BCUT2D eigenvalue weighted by atomic mass is 10.3. The molecule has 0 saturated heterocycles. The van der Waals surface area contributed by atoms with Gasteiger partial charge in [0.2, 0.25) is 0 Å². The molecule has 1 heterocycles. The highest BCUT2D eigenvalue weighted by atomic mass is 127. The zero-order chi connectivity index (χ0) is 10.9. The minimum atomic E-state index is -4.75. The summed E-state index contributed by atoms with van der Waals surface area (Å²) in [6, 6.07) is 0. The number of alkyl halides is 3. The third-order valence-corrected chi connectivity index (χ3v) is 2.75. The Morgan fingerprint density at radius 1 is 1.50 bits per heavy atom. The van der Waals surface area contributed by atoms with E-state index in [1.54, 1.807) is 0 Å². The molecule has 0 aliphatic heterocycles. The van der Waals surface area contributed by atoms with Gasteiger partial charge in [-0.2, -0.15) is 0 Å². The van der Waals surface area contributed by atoms with Gasteiger partial charge in [0.15, 0.2) is 10.9 Å². The van der Waals surface area contributed by atoms with E-state index >= 15 is 0 Å². The molecule has 2 nitrogen and oxygen atoms in total. The van der Waals surface area contributed by atoms with Gasteiger partial charge in [0, 0.05) is 15.3 Å². The SMILES string of the molecule is Cc1c(I)cnc(Cl)c1OC(F)(F)F. The molecule has 0 N–H and O–H groups in total. The summed E-state index contributed by atoms with van der Waals surface area (Å²) in [4.78, 5) is 3.56. The first-order valence-corrected chi connectivity index (χ1v) is 4.83. The summed E-state index contributed by atoms with van der Waals surface area (Å²) in [5, 5.41) is -0.291. The fourth-order valence-corrected chi connectivity index (χ4v) is 1.38. The molecule has 0 amide bonds. The van der Waals surface area contributed by atoms with Crippen molar-refractivity contribution in [3.05, 3.63) is 20.5 Å². The zero-order valence-electron chi connectivity index (χ0n) is 6.82. The summed E-state index contributed by atoms with van der Waals surface area (Å²) in [6.07, 6.45) is -3.37. The summed E-state index contributed by atoms with van der Waals surface area (Å²) in [7, 11) is 0. The number of rotatable bonds is 1. The third kappa shape index (κ3) is 2.88. The van der Waals surface area contributed by atoms with Crippen LogP contribution in [-0.2, 0) is 0 Å². The van der Waals surface area contributed by atoms with E-state index in [1.807, 2.05) is 22.6 Å². The van der Waals surface area contributed by atoms with Gasteiger partial charge >= 0.3 is 6.36 Å². The van der Waals surface area contributed by atoms with E-state index < -0.39 is 12.1 Å². The predicted octanol–water partition coefficient (Wildman–Crippen LogP) is 3.55. The normalized spacial score (nSPS) is 11.6. The van der Waals surface area contributed by atoms with Crippen molar-refractivity contribution in [2.45, 2.75) is 13.3 Å². The largest absolute Gasteiger partial charge is 0.573 e. The summed E-state index contributed by atoms with van der Waals surface area (Å²) in [5.41, 5.74) is 0.322. The number of nitrogens with zero attached hydrogens (tertiary/aromatic N) is 1. The van der Waals surface area contributed by atoms with Crippen LogP contribution in [0.15, 0.2) is 6.20 Å². The number of hydrogen-bond acceptors (Lipinski definition) is 2. The van der Waals surface area contributed by atoms with Gasteiger partial charge in [-0.1, -0.05) is 11.6 Å². The quantitative estimate of drug-likeness (QED) is 0.577. The maximum absolute atomic E-state index is 11.9. The third-order valence-electron chi connectivity index (χ3n) is 1.40. The Morgan fingerprint density at radius 2 is 2.07 bits per heavy atom. The van der Waals surface area contributed by atoms with E-state index in [2.05, 4.69) is 9.72 Å². The average Bonchev–Trinajstić information content (AvgIpc) is 2.04. The van der Waals surface area contributed by atoms with Gasteiger partial charge < -0.3 is 4.74 Å². The summed E-state index contributed by atoms with van der Waals surface area (Å²) in [5.74, 6) is -0.439. The highest BCUT2D eigenvalue weighted by Gasteiger charge is 2.33. The first kappa shape index (κ1) is 11.8. The second-order valence-electron chi connectivity index (χ2n) is 2.40. The van der Waals surface area contributed by atoms with Gasteiger partial charge in [0.05, 0.1) is 0 Å². The van der Waals surface area contributed by atoms with Gasteiger partial charge in [0.1, 0.15) is 0 Å². The van der Waals surface area contributed by atoms with E-state index in [9.17, 15) is 13.2 Å². The van der Waals surface area contributed by atoms with Crippen LogP contribution in [-0.4, -0.2) is 11.3 Å². The van der Waals surface area contributed by atoms with Crippen LogP contribution in [0.2, 0.25) is 5.15 Å². The molecule has 1 rings (SSSR count). The molecule has 0 fully saturated rings. The topological polar surface area (TPSA) is 22.1 Å². The molecule has 14 heavy (non-hydrogen) atoms. The fraction of sp³-hybridized carbons (Fsp3) is 0.286. The molecule has 0 aliphatic carbocycles. The van der Waals surface area contributed by atoms with Gasteiger partial charge in [-0.05, 0) is 29.5 Å². The molecular formula is C7H4ClF3INO. The number of aromatic nitrogens is 1.